The number of hydrogen-bond donors (Lipinski definition) is 1. The number of nitrogens with one attached hydrogen (secondary N) is 1. The smallest absolute Gasteiger partial charge is 0.410 e. The topological polar surface area (TPSA) is 96.8 Å². The van der Waals surface area contributed by atoms with Crippen LogP contribution in [-0.2, 0) is 16.1 Å². The van der Waals surface area contributed by atoms with Crippen molar-refractivity contribution in [1.82, 2.24) is 19.8 Å². The van der Waals surface area contributed by atoms with Gasteiger partial charge in [0, 0.05) is 36.9 Å². The van der Waals surface area contributed by atoms with Crippen LogP contribution in [-0.4, -0.2) is 63.8 Å². The molecule has 1 aliphatic heterocycles. The summed E-state index contributed by atoms with van der Waals surface area (Å²) in [6.07, 6.45) is -0.334. The number of nitrogens with zero attached hydrogens (tertiary/aromatic N) is 4. The van der Waals surface area contributed by atoms with Crippen molar-refractivity contribution in [2.24, 2.45) is 5.92 Å². The molecule has 1 aliphatic rings. The summed E-state index contributed by atoms with van der Waals surface area (Å²) in [5.41, 5.74) is 0.675. The lowest BCUT2D eigenvalue weighted by atomic mass is 9.99. The van der Waals surface area contributed by atoms with E-state index in [1.807, 2.05) is 40.7 Å². The molecule has 11 heteroatoms. The number of amides is 2. The zero-order chi connectivity index (χ0) is 30.9. The molecule has 42 heavy (non-hydrogen) atoms. The van der Waals surface area contributed by atoms with E-state index >= 15 is 0 Å². The zero-order valence-corrected chi connectivity index (χ0v) is 26.0. The fourth-order valence-corrected chi connectivity index (χ4v) is 5.26. The Hall–Kier alpha value is -3.66. The Balaban J connectivity index is 1.74. The first-order valence-corrected chi connectivity index (χ1v) is 14.6. The van der Waals surface area contributed by atoms with Crippen molar-refractivity contribution < 1.29 is 18.7 Å². The van der Waals surface area contributed by atoms with E-state index in [4.69, 9.17) is 21.3 Å². The van der Waals surface area contributed by atoms with Crippen LogP contribution in [0.1, 0.15) is 48.5 Å². The van der Waals surface area contributed by atoms with Crippen LogP contribution < -0.4 is 15.8 Å². The monoisotopic (exact) mass is 599 g/mol. The molecule has 4 rings (SSSR count). The highest BCUT2D eigenvalue weighted by molar-refractivity contribution is 6.31. The number of carbonyl (C=O) groups excluding carboxylic acids is 2. The predicted molar refractivity (Wildman–Crippen MR) is 163 cm³/mol. The maximum absolute atomic E-state index is 13.9. The molecule has 2 amide bonds. The van der Waals surface area contributed by atoms with E-state index in [0.717, 1.165) is 5.69 Å². The lowest BCUT2D eigenvalue weighted by Gasteiger charge is -2.44. The normalized spacial score (nSPS) is 15.9. The molecular weight excluding hydrogens is 561 g/mol. The molecule has 0 unspecified atom stereocenters. The maximum atomic E-state index is 13.9. The summed E-state index contributed by atoms with van der Waals surface area (Å²) in [7, 11) is 0. The Labute approximate surface area is 250 Å². The van der Waals surface area contributed by atoms with E-state index < -0.39 is 17.0 Å². The van der Waals surface area contributed by atoms with Crippen LogP contribution in [0.5, 0.6) is 0 Å². The van der Waals surface area contributed by atoms with E-state index in [1.165, 1.54) is 22.8 Å². The third-order valence-corrected chi connectivity index (χ3v) is 7.34. The number of benzene rings is 2. The summed E-state index contributed by atoms with van der Waals surface area (Å²) in [5, 5.41) is 3.04. The van der Waals surface area contributed by atoms with Crippen LogP contribution in [0.3, 0.4) is 0 Å². The number of carbonyl (C=O) groups is 2. The van der Waals surface area contributed by atoms with Crippen LogP contribution in [0, 0.1) is 11.7 Å². The average molecular weight is 600 g/mol. The van der Waals surface area contributed by atoms with Gasteiger partial charge in [0.05, 0.1) is 22.0 Å². The van der Waals surface area contributed by atoms with Gasteiger partial charge in [0.15, 0.2) is 0 Å². The van der Waals surface area contributed by atoms with E-state index in [0.29, 0.717) is 36.1 Å². The Kier molecular flexibility index (Phi) is 9.15. The molecule has 226 valence electrons. The molecule has 0 radical (unpaired) electrons. The zero-order valence-electron chi connectivity index (χ0n) is 25.2. The molecular formula is C31H39ClFN5O4. The molecule has 0 aliphatic carbocycles. The molecule has 9 nitrogen and oxygen atoms in total. The summed E-state index contributed by atoms with van der Waals surface area (Å²) in [6.45, 7) is 14.7. The van der Waals surface area contributed by atoms with Crippen molar-refractivity contribution in [3.63, 3.8) is 0 Å². The third-order valence-electron chi connectivity index (χ3n) is 7.05. The van der Waals surface area contributed by atoms with Gasteiger partial charge in [0.1, 0.15) is 23.8 Å². The minimum Gasteiger partial charge on any atom is -0.444 e. The molecule has 1 atom stereocenters. The number of ether oxygens (including phenoxy) is 1. The van der Waals surface area contributed by atoms with Crippen LogP contribution in [0.25, 0.3) is 22.3 Å². The highest BCUT2D eigenvalue weighted by Gasteiger charge is 2.35. The van der Waals surface area contributed by atoms with Gasteiger partial charge in [-0.2, -0.15) is 0 Å². The minimum atomic E-state index is -0.594. The molecule has 1 N–H and O–H groups in total. The Morgan fingerprint density at radius 3 is 2.45 bits per heavy atom. The van der Waals surface area contributed by atoms with Crippen molar-refractivity contribution in [3.05, 3.63) is 57.6 Å². The van der Waals surface area contributed by atoms with Gasteiger partial charge in [-0.3, -0.25) is 14.2 Å². The number of piperazine rings is 1. The van der Waals surface area contributed by atoms with E-state index in [2.05, 4.69) is 24.1 Å². The molecule has 0 saturated carbocycles. The first kappa shape index (κ1) is 31.3. The second kappa shape index (κ2) is 12.3. The second-order valence-electron chi connectivity index (χ2n) is 12.3. The van der Waals surface area contributed by atoms with Crippen molar-refractivity contribution >= 4 is 40.2 Å². The number of anilines is 1. The quantitative estimate of drug-likeness (QED) is 0.404. The van der Waals surface area contributed by atoms with Crippen LogP contribution in [0.4, 0.5) is 14.9 Å². The van der Waals surface area contributed by atoms with Gasteiger partial charge < -0.3 is 19.9 Å². The van der Waals surface area contributed by atoms with Gasteiger partial charge >= 0.3 is 6.09 Å². The lowest BCUT2D eigenvalue weighted by molar-refractivity contribution is -0.122. The standard InChI is InChI=1S/C31H39ClFN5O4/c1-18(2)26-16-36(12-13-37(26)30(41)42-31(5,6)7)21-9-11-25-22(15-21)29(40)38(17-27(39)34-19(3)4)28(35-25)20-8-10-24(33)23(32)14-20/h8-11,14-15,18-19,26H,12-13,16-17H2,1-7H3,(H,34,39)/t26-/m1/s1. The van der Waals surface area contributed by atoms with Crippen molar-refractivity contribution in [3.8, 4) is 11.4 Å². The first-order valence-electron chi connectivity index (χ1n) is 14.2. The largest absolute Gasteiger partial charge is 0.444 e. The Morgan fingerprint density at radius 1 is 1.12 bits per heavy atom. The highest BCUT2D eigenvalue weighted by atomic mass is 35.5. The molecule has 1 saturated heterocycles. The number of aromatic nitrogens is 2. The Morgan fingerprint density at radius 2 is 1.83 bits per heavy atom. The summed E-state index contributed by atoms with van der Waals surface area (Å²) in [6, 6.07) is 9.31. The van der Waals surface area contributed by atoms with Crippen LogP contribution in [0.15, 0.2) is 41.2 Å². The number of halogens is 2. The summed E-state index contributed by atoms with van der Waals surface area (Å²) < 4.78 is 20.9. The number of rotatable bonds is 6. The average Bonchev–Trinajstić information content (AvgIpc) is 2.89. The first-order chi connectivity index (χ1) is 19.6. The third kappa shape index (κ3) is 7.03. The van der Waals surface area contributed by atoms with E-state index in [9.17, 15) is 18.8 Å². The Bertz CT molecular complexity index is 1550. The van der Waals surface area contributed by atoms with E-state index in [-0.39, 0.29) is 47.4 Å². The van der Waals surface area contributed by atoms with Gasteiger partial charge in [-0.25, -0.2) is 14.2 Å². The van der Waals surface area contributed by atoms with Crippen molar-refractivity contribution in [1.29, 1.82) is 0 Å². The number of fused-ring (bicyclic) bond motifs is 1. The fraction of sp³-hybridized carbons (Fsp3) is 0.484. The summed E-state index contributed by atoms with van der Waals surface area (Å²) in [4.78, 5) is 48.3. The molecule has 0 spiro atoms. The van der Waals surface area contributed by atoms with Gasteiger partial charge in [-0.05, 0) is 76.9 Å². The molecule has 0 bridgehead atoms. The number of hydrogen-bond acceptors (Lipinski definition) is 6. The molecule has 2 heterocycles. The molecule has 1 fully saturated rings. The minimum absolute atomic E-state index is 0.0931. The molecule has 3 aromatic rings. The van der Waals surface area contributed by atoms with Crippen LogP contribution in [0.2, 0.25) is 5.02 Å². The van der Waals surface area contributed by atoms with Crippen molar-refractivity contribution in [2.45, 2.75) is 72.7 Å². The summed E-state index contributed by atoms with van der Waals surface area (Å²) in [5.74, 6) is -0.559. The van der Waals surface area contributed by atoms with Gasteiger partial charge in [-0.15, -0.1) is 0 Å². The lowest BCUT2D eigenvalue weighted by Crippen LogP contribution is -2.58. The van der Waals surface area contributed by atoms with Crippen molar-refractivity contribution in [2.75, 3.05) is 24.5 Å². The SMILES string of the molecule is CC(C)NC(=O)Cn1c(-c2ccc(F)c(Cl)c2)nc2ccc(N3CCN(C(=O)OC(C)(C)C)[C@@H](C(C)C)C3)cc2c1=O. The van der Waals surface area contributed by atoms with Gasteiger partial charge in [-0.1, -0.05) is 25.4 Å². The molecule has 2 aromatic carbocycles. The summed E-state index contributed by atoms with van der Waals surface area (Å²) >= 11 is 6.04. The van der Waals surface area contributed by atoms with E-state index in [1.54, 1.807) is 17.0 Å². The van der Waals surface area contributed by atoms with Gasteiger partial charge in [0.2, 0.25) is 5.91 Å². The molecule has 1 aromatic heterocycles. The van der Waals surface area contributed by atoms with Crippen LogP contribution >= 0.6 is 11.6 Å². The highest BCUT2D eigenvalue weighted by Crippen LogP contribution is 2.28. The maximum Gasteiger partial charge on any atom is 0.410 e. The predicted octanol–water partition coefficient (Wildman–Crippen LogP) is 5.46. The fourth-order valence-electron chi connectivity index (χ4n) is 5.08. The van der Waals surface area contributed by atoms with Gasteiger partial charge in [0.25, 0.3) is 5.56 Å². The second-order valence-corrected chi connectivity index (χ2v) is 12.7.